The van der Waals surface area contributed by atoms with E-state index in [0.717, 1.165) is 42.6 Å². The minimum absolute atomic E-state index is 0.0231. The molecule has 1 aliphatic heterocycles. The summed E-state index contributed by atoms with van der Waals surface area (Å²) < 4.78 is 5.58. The van der Waals surface area contributed by atoms with Crippen LogP contribution < -0.4 is 10.6 Å². The van der Waals surface area contributed by atoms with E-state index in [0.29, 0.717) is 23.8 Å². The van der Waals surface area contributed by atoms with Gasteiger partial charge >= 0.3 is 5.97 Å². The first-order valence-corrected chi connectivity index (χ1v) is 12.5. The molecule has 0 aliphatic carbocycles. The molecule has 182 valence electrons. The first kappa shape index (κ1) is 26.8. The highest BCUT2D eigenvalue weighted by molar-refractivity contribution is 7.80. The van der Waals surface area contributed by atoms with Gasteiger partial charge in [0, 0.05) is 23.8 Å². The predicted octanol–water partition coefficient (Wildman–Crippen LogP) is 5.57. The van der Waals surface area contributed by atoms with Crippen molar-refractivity contribution < 1.29 is 14.3 Å². The monoisotopic (exact) mass is 473 g/mol. The smallest absolute Gasteiger partial charge is 0.338 e. The number of nitrogens with zero attached hydrogens (tertiary/aromatic N) is 1. The molecule has 0 aromatic heterocycles. The molecule has 1 aromatic carbocycles. The van der Waals surface area contributed by atoms with Crippen LogP contribution in [0.2, 0.25) is 0 Å². The number of unbranched alkanes of at least 4 members (excludes halogenated alkanes) is 1. The van der Waals surface area contributed by atoms with E-state index in [9.17, 15) is 9.59 Å². The zero-order chi connectivity index (χ0) is 24.5. The number of benzene rings is 1. The van der Waals surface area contributed by atoms with Crippen molar-refractivity contribution in [3.8, 4) is 0 Å². The molecule has 1 heterocycles. The normalized spacial score (nSPS) is 17.1. The van der Waals surface area contributed by atoms with Crippen LogP contribution in [-0.2, 0) is 14.3 Å². The summed E-state index contributed by atoms with van der Waals surface area (Å²) in [7, 11) is 0. The maximum absolute atomic E-state index is 13.0. The van der Waals surface area contributed by atoms with Crippen molar-refractivity contribution in [1.82, 2.24) is 10.2 Å². The lowest BCUT2D eigenvalue weighted by Gasteiger charge is -2.37. The Morgan fingerprint density at radius 3 is 2.39 bits per heavy atom. The third kappa shape index (κ3) is 7.03. The molecule has 0 bridgehead atoms. The highest BCUT2D eigenvalue weighted by atomic mass is 32.1. The SMILES string of the molecule is CCCCC(CC)C(=O)Nc1ccc(C2NC(=S)N(CC)C(C)=C2C(=O)OCC(C)C)cc1. The molecule has 0 fully saturated rings. The summed E-state index contributed by atoms with van der Waals surface area (Å²) in [4.78, 5) is 27.6. The van der Waals surface area contributed by atoms with E-state index in [2.05, 4.69) is 24.5 Å². The molecule has 2 unspecified atom stereocenters. The predicted molar refractivity (Wildman–Crippen MR) is 138 cm³/mol. The van der Waals surface area contributed by atoms with Crippen LogP contribution in [0.15, 0.2) is 35.5 Å². The summed E-state index contributed by atoms with van der Waals surface area (Å²) >= 11 is 5.56. The van der Waals surface area contributed by atoms with Gasteiger partial charge in [-0.15, -0.1) is 0 Å². The number of anilines is 1. The van der Waals surface area contributed by atoms with Crippen molar-refractivity contribution >= 4 is 34.9 Å². The van der Waals surface area contributed by atoms with Crippen LogP contribution in [0, 0.1) is 11.8 Å². The van der Waals surface area contributed by atoms with E-state index in [-0.39, 0.29) is 23.7 Å². The van der Waals surface area contributed by atoms with Crippen molar-refractivity contribution in [3.05, 3.63) is 41.1 Å². The van der Waals surface area contributed by atoms with E-state index in [1.807, 2.05) is 56.9 Å². The molecule has 0 saturated heterocycles. The Kier molecular flexibility index (Phi) is 10.4. The molecule has 1 aliphatic rings. The minimum atomic E-state index is -0.405. The molecule has 2 rings (SSSR count). The second-order valence-electron chi connectivity index (χ2n) is 8.98. The lowest BCUT2D eigenvalue weighted by Crippen LogP contribution is -2.47. The summed E-state index contributed by atoms with van der Waals surface area (Å²) in [6.07, 6.45) is 3.86. The van der Waals surface area contributed by atoms with Crippen LogP contribution >= 0.6 is 12.2 Å². The first-order valence-electron chi connectivity index (χ1n) is 12.1. The summed E-state index contributed by atoms with van der Waals surface area (Å²) in [5.41, 5.74) is 3.00. The van der Waals surface area contributed by atoms with Crippen LogP contribution in [-0.4, -0.2) is 35.0 Å². The molecule has 2 atom stereocenters. The largest absolute Gasteiger partial charge is 0.462 e. The average Bonchev–Trinajstić information content (AvgIpc) is 2.78. The minimum Gasteiger partial charge on any atom is -0.462 e. The summed E-state index contributed by atoms with van der Waals surface area (Å²) in [5.74, 6) is -0.00276. The maximum Gasteiger partial charge on any atom is 0.338 e. The highest BCUT2D eigenvalue weighted by Gasteiger charge is 2.34. The van der Waals surface area contributed by atoms with Gasteiger partial charge < -0.3 is 20.3 Å². The Bertz CT molecular complexity index is 864. The number of carbonyl (C=O) groups is 2. The number of carbonyl (C=O) groups excluding carboxylic acids is 2. The van der Waals surface area contributed by atoms with E-state index in [4.69, 9.17) is 17.0 Å². The van der Waals surface area contributed by atoms with Crippen molar-refractivity contribution in [2.45, 2.75) is 73.3 Å². The van der Waals surface area contributed by atoms with Crippen molar-refractivity contribution in [1.29, 1.82) is 0 Å². The molecule has 7 heteroatoms. The van der Waals surface area contributed by atoms with Gasteiger partial charge in [0.05, 0.1) is 18.2 Å². The van der Waals surface area contributed by atoms with Crippen molar-refractivity contribution in [2.24, 2.45) is 11.8 Å². The van der Waals surface area contributed by atoms with E-state index in [1.54, 1.807) is 0 Å². The fourth-order valence-corrected chi connectivity index (χ4v) is 4.35. The third-order valence-corrected chi connectivity index (χ3v) is 6.30. The van der Waals surface area contributed by atoms with Gasteiger partial charge in [-0.25, -0.2) is 4.79 Å². The van der Waals surface area contributed by atoms with E-state index in [1.165, 1.54) is 0 Å². The van der Waals surface area contributed by atoms with Crippen LogP contribution in [0.5, 0.6) is 0 Å². The Hall–Kier alpha value is -2.41. The first-order chi connectivity index (χ1) is 15.7. The zero-order valence-electron chi connectivity index (χ0n) is 20.9. The molecular formula is C26H39N3O3S. The van der Waals surface area contributed by atoms with Gasteiger partial charge in [0.25, 0.3) is 0 Å². The number of amides is 1. The summed E-state index contributed by atoms with van der Waals surface area (Å²) in [6.45, 7) is 13.1. The molecule has 0 saturated carbocycles. The van der Waals surface area contributed by atoms with Gasteiger partial charge in [-0.3, -0.25) is 4.79 Å². The lowest BCUT2D eigenvalue weighted by atomic mass is 9.94. The van der Waals surface area contributed by atoms with Crippen LogP contribution in [0.1, 0.15) is 78.8 Å². The quantitative estimate of drug-likeness (QED) is 0.324. The van der Waals surface area contributed by atoms with Gasteiger partial charge in [0.1, 0.15) is 0 Å². The molecule has 0 radical (unpaired) electrons. The number of hydrogen-bond acceptors (Lipinski definition) is 4. The Morgan fingerprint density at radius 2 is 1.85 bits per heavy atom. The van der Waals surface area contributed by atoms with Crippen molar-refractivity contribution in [3.63, 3.8) is 0 Å². The molecular weight excluding hydrogens is 434 g/mol. The highest BCUT2D eigenvalue weighted by Crippen LogP contribution is 2.32. The number of ether oxygens (including phenoxy) is 1. The van der Waals surface area contributed by atoms with E-state index >= 15 is 0 Å². The molecule has 1 aromatic rings. The number of nitrogens with one attached hydrogen (secondary N) is 2. The van der Waals surface area contributed by atoms with Crippen LogP contribution in [0.4, 0.5) is 5.69 Å². The van der Waals surface area contributed by atoms with Gasteiger partial charge in [0.2, 0.25) is 5.91 Å². The van der Waals surface area contributed by atoms with Crippen molar-refractivity contribution in [2.75, 3.05) is 18.5 Å². The lowest BCUT2D eigenvalue weighted by molar-refractivity contribution is -0.140. The standard InChI is InChI=1S/C26H39N3O3S/c1-7-10-11-19(8-2)24(30)27-21-14-12-20(13-15-21)23-22(25(31)32-16-17(4)5)18(6)29(9-3)26(33)28-23/h12-15,17,19,23H,7-11,16H2,1-6H3,(H,27,30)(H,28,33). The summed E-state index contributed by atoms with van der Waals surface area (Å²) in [6, 6.07) is 7.20. The fourth-order valence-electron chi connectivity index (χ4n) is 3.97. The summed E-state index contributed by atoms with van der Waals surface area (Å²) in [5, 5.41) is 6.92. The molecule has 0 spiro atoms. The third-order valence-electron chi connectivity index (χ3n) is 5.96. The molecule has 33 heavy (non-hydrogen) atoms. The Labute approximate surface area is 204 Å². The topological polar surface area (TPSA) is 70.7 Å². The molecule has 2 N–H and O–H groups in total. The Balaban J connectivity index is 2.25. The molecule has 1 amide bonds. The second kappa shape index (κ2) is 12.7. The van der Waals surface area contributed by atoms with Crippen LogP contribution in [0.3, 0.4) is 0 Å². The van der Waals surface area contributed by atoms with Gasteiger partial charge in [0.15, 0.2) is 5.11 Å². The number of rotatable bonds is 11. The maximum atomic E-state index is 13.0. The van der Waals surface area contributed by atoms with Gasteiger partial charge in [-0.2, -0.15) is 0 Å². The molecule has 6 nitrogen and oxygen atoms in total. The number of allylic oxidation sites excluding steroid dienone is 1. The number of esters is 1. The average molecular weight is 474 g/mol. The fraction of sp³-hybridized carbons (Fsp3) is 0.577. The van der Waals surface area contributed by atoms with Gasteiger partial charge in [-0.05, 0) is 62.5 Å². The second-order valence-corrected chi connectivity index (χ2v) is 9.36. The zero-order valence-corrected chi connectivity index (χ0v) is 21.7. The van der Waals surface area contributed by atoms with Gasteiger partial charge in [-0.1, -0.05) is 52.7 Å². The number of thiocarbonyl (C=S) groups is 1. The van der Waals surface area contributed by atoms with E-state index < -0.39 is 6.04 Å². The number of hydrogen-bond donors (Lipinski definition) is 2. The van der Waals surface area contributed by atoms with Crippen LogP contribution in [0.25, 0.3) is 0 Å². The Morgan fingerprint density at radius 1 is 1.18 bits per heavy atom.